The Labute approximate surface area is 132 Å². The molecule has 0 saturated heterocycles. The zero-order chi connectivity index (χ0) is 15.4. The lowest BCUT2D eigenvalue weighted by molar-refractivity contribution is 0.835. The van der Waals surface area contributed by atoms with E-state index in [1.54, 1.807) is 0 Å². The largest absolute Gasteiger partial charge is 0.299 e. The fourth-order valence-corrected chi connectivity index (χ4v) is 6.99. The molecule has 2 heteroatoms. The standard InChI is InChI=1S/C19H34NP/c1-4-7-15-21(16-8-5-2,17-9-6-3)20-18-19-13-11-10-12-14-19/h10-14H,4-9,15-18H2,1-3H3. The molecular weight excluding hydrogens is 273 g/mol. The third-order valence-corrected chi connectivity index (χ3v) is 8.37. The van der Waals surface area contributed by atoms with Crippen LogP contribution in [0.2, 0.25) is 0 Å². The molecule has 1 rings (SSSR count). The summed E-state index contributed by atoms with van der Waals surface area (Å²) >= 11 is 0. The summed E-state index contributed by atoms with van der Waals surface area (Å²) in [6.45, 7) is 7.87. The van der Waals surface area contributed by atoms with Gasteiger partial charge in [-0.2, -0.15) is 0 Å². The Balaban J connectivity index is 2.88. The van der Waals surface area contributed by atoms with Gasteiger partial charge in [0.2, 0.25) is 0 Å². The molecule has 0 amide bonds. The minimum absolute atomic E-state index is 0.936. The van der Waals surface area contributed by atoms with Crippen molar-refractivity contribution in [3.63, 3.8) is 0 Å². The summed E-state index contributed by atoms with van der Waals surface area (Å²) in [4.78, 5) is 0. The maximum absolute atomic E-state index is 5.35. The maximum Gasteiger partial charge on any atom is 0.0624 e. The van der Waals surface area contributed by atoms with E-state index in [1.807, 2.05) is 0 Å². The van der Waals surface area contributed by atoms with Crippen LogP contribution in [0, 0.1) is 0 Å². The summed E-state index contributed by atoms with van der Waals surface area (Å²) < 4.78 is 5.35. The first-order chi connectivity index (χ1) is 10.3. The molecule has 0 aliphatic rings. The number of nitrogens with zero attached hydrogens (tertiary/aromatic N) is 1. The lowest BCUT2D eigenvalue weighted by atomic mass is 10.2. The van der Waals surface area contributed by atoms with Gasteiger partial charge in [0.25, 0.3) is 0 Å². The van der Waals surface area contributed by atoms with Crippen LogP contribution >= 0.6 is 7.05 Å². The van der Waals surface area contributed by atoms with Gasteiger partial charge in [0.1, 0.15) is 0 Å². The molecule has 0 unspecified atom stereocenters. The molecule has 0 heterocycles. The topological polar surface area (TPSA) is 12.4 Å². The van der Waals surface area contributed by atoms with Gasteiger partial charge in [-0.05, 0) is 50.4 Å². The summed E-state index contributed by atoms with van der Waals surface area (Å²) in [7, 11) is -1.09. The Bertz CT molecular complexity index is 382. The molecule has 0 saturated carbocycles. The molecule has 0 N–H and O–H groups in total. The molecule has 0 fully saturated rings. The fourth-order valence-electron chi connectivity index (χ4n) is 2.72. The Kier molecular flexibility index (Phi) is 9.76. The summed E-state index contributed by atoms with van der Waals surface area (Å²) in [6.07, 6.45) is 12.2. The number of unbranched alkanes of at least 4 members (excludes halogenated alkanes) is 3. The second-order valence-electron chi connectivity index (χ2n) is 6.11. The van der Waals surface area contributed by atoms with E-state index < -0.39 is 7.05 Å². The number of hydrogen-bond donors (Lipinski definition) is 0. The lowest BCUT2D eigenvalue weighted by Crippen LogP contribution is -2.02. The molecule has 0 aromatic heterocycles. The quantitative estimate of drug-likeness (QED) is 0.399. The van der Waals surface area contributed by atoms with Crippen LogP contribution in [-0.4, -0.2) is 18.5 Å². The number of benzene rings is 1. The first kappa shape index (κ1) is 18.5. The summed E-state index contributed by atoms with van der Waals surface area (Å²) in [5.74, 6) is 0. The molecule has 0 aliphatic carbocycles. The van der Waals surface area contributed by atoms with Crippen molar-refractivity contribution in [2.75, 3.05) is 18.5 Å². The molecule has 0 radical (unpaired) electrons. The third kappa shape index (κ3) is 7.32. The second kappa shape index (κ2) is 11.1. The van der Waals surface area contributed by atoms with Gasteiger partial charge in [0.15, 0.2) is 0 Å². The highest BCUT2D eigenvalue weighted by atomic mass is 31.2. The molecule has 120 valence electrons. The van der Waals surface area contributed by atoms with Crippen LogP contribution < -0.4 is 0 Å². The van der Waals surface area contributed by atoms with E-state index in [0.717, 1.165) is 6.54 Å². The third-order valence-electron chi connectivity index (χ3n) is 4.18. The highest BCUT2D eigenvalue weighted by molar-refractivity contribution is 7.66. The van der Waals surface area contributed by atoms with E-state index in [0.29, 0.717) is 0 Å². The van der Waals surface area contributed by atoms with Gasteiger partial charge in [-0.3, -0.25) is 4.74 Å². The first-order valence-corrected chi connectivity index (χ1v) is 11.1. The SMILES string of the molecule is CCCCP(CCCC)(CCCC)=NCc1ccccc1. The van der Waals surface area contributed by atoms with Crippen molar-refractivity contribution in [3.05, 3.63) is 35.9 Å². The van der Waals surface area contributed by atoms with Gasteiger partial charge in [0.05, 0.1) is 6.54 Å². The van der Waals surface area contributed by atoms with Gasteiger partial charge < -0.3 is 0 Å². The van der Waals surface area contributed by atoms with E-state index in [4.69, 9.17) is 4.74 Å². The van der Waals surface area contributed by atoms with Gasteiger partial charge in [0, 0.05) is 0 Å². The highest BCUT2D eigenvalue weighted by Gasteiger charge is 2.17. The van der Waals surface area contributed by atoms with Gasteiger partial charge in [-0.15, -0.1) is 0 Å². The molecule has 0 aliphatic heterocycles. The highest BCUT2D eigenvalue weighted by Crippen LogP contribution is 2.52. The molecule has 0 spiro atoms. The molecule has 1 aromatic carbocycles. The zero-order valence-corrected chi connectivity index (χ0v) is 15.2. The number of hydrogen-bond acceptors (Lipinski definition) is 1. The van der Waals surface area contributed by atoms with E-state index in [9.17, 15) is 0 Å². The number of rotatable bonds is 11. The van der Waals surface area contributed by atoms with Crippen LogP contribution in [-0.2, 0) is 6.54 Å². The minimum atomic E-state index is -1.09. The zero-order valence-electron chi connectivity index (χ0n) is 14.4. The van der Waals surface area contributed by atoms with E-state index in [1.165, 1.54) is 62.6 Å². The van der Waals surface area contributed by atoms with E-state index in [2.05, 4.69) is 51.1 Å². The van der Waals surface area contributed by atoms with Crippen LogP contribution in [0.3, 0.4) is 0 Å². The van der Waals surface area contributed by atoms with Crippen molar-refractivity contribution < 1.29 is 0 Å². The molecule has 1 aromatic rings. The van der Waals surface area contributed by atoms with Crippen molar-refractivity contribution in [2.45, 2.75) is 65.8 Å². The summed E-state index contributed by atoms with van der Waals surface area (Å²) in [6, 6.07) is 10.8. The van der Waals surface area contributed by atoms with Crippen molar-refractivity contribution in [3.8, 4) is 0 Å². The van der Waals surface area contributed by atoms with Gasteiger partial charge >= 0.3 is 0 Å². The summed E-state index contributed by atoms with van der Waals surface area (Å²) in [5, 5.41) is 0. The molecule has 0 atom stereocenters. The molecule has 21 heavy (non-hydrogen) atoms. The lowest BCUT2D eigenvalue weighted by Gasteiger charge is -2.25. The van der Waals surface area contributed by atoms with Crippen molar-refractivity contribution in [2.24, 2.45) is 4.74 Å². The van der Waals surface area contributed by atoms with Crippen LogP contribution in [0.1, 0.15) is 64.9 Å². The Morgan fingerprint density at radius 3 is 1.67 bits per heavy atom. The monoisotopic (exact) mass is 307 g/mol. The van der Waals surface area contributed by atoms with Crippen LogP contribution in [0.25, 0.3) is 0 Å². The maximum atomic E-state index is 5.35. The molecular formula is C19H34NP. The van der Waals surface area contributed by atoms with Gasteiger partial charge in [-0.25, -0.2) is 0 Å². The Morgan fingerprint density at radius 1 is 0.762 bits per heavy atom. The van der Waals surface area contributed by atoms with Crippen molar-refractivity contribution >= 4 is 7.05 Å². The van der Waals surface area contributed by atoms with Crippen LogP contribution in [0.15, 0.2) is 35.1 Å². The predicted molar refractivity (Wildman–Crippen MR) is 98.8 cm³/mol. The van der Waals surface area contributed by atoms with Gasteiger partial charge in [-0.1, -0.05) is 70.4 Å². The Hall–Kier alpha value is -0.550. The second-order valence-corrected chi connectivity index (χ2v) is 9.93. The average Bonchev–Trinajstić information content (AvgIpc) is 2.54. The summed E-state index contributed by atoms with van der Waals surface area (Å²) in [5.41, 5.74) is 1.38. The van der Waals surface area contributed by atoms with Crippen molar-refractivity contribution in [1.29, 1.82) is 0 Å². The van der Waals surface area contributed by atoms with Crippen LogP contribution in [0.5, 0.6) is 0 Å². The van der Waals surface area contributed by atoms with Crippen LogP contribution in [0.4, 0.5) is 0 Å². The van der Waals surface area contributed by atoms with Crippen molar-refractivity contribution in [1.82, 2.24) is 0 Å². The van der Waals surface area contributed by atoms with E-state index >= 15 is 0 Å². The fraction of sp³-hybridized carbons (Fsp3) is 0.684. The first-order valence-electron chi connectivity index (χ1n) is 8.85. The predicted octanol–water partition coefficient (Wildman–Crippen LogP) is 6.79. The van der Waals surface area contributed by atoms with E-state index in [-0.39, 0.29) is 0 Å². The molecule has 1 nitrogen and oxygen atoms in total. The normalized spacial score (nSPS) is 11.6. The smallest absolute Gasteiger partial charge is 0.0624 e. The Morgan fingerprint density at radius 2 is 1.24 bits per heavy atom. The average molecular weight is 307 g/mol. The minimum Gasteiger partial charge on any atom is -0.299 e. The molecule has 0 bridgehead atoms.